The highest BCUT2D eigenvalue weighted by Crippen LogP contribution is 2.39. The van der Waals surface area contributed by atoms with Gasteiger partial charge in [0.15, 0.2) is 0 Å². The topological polar surface area (TPSA) is 79.6 Å². The van der Waals surface area contributed by atoms with Crippen molar-refractivity contribution >= 4 is 0 Å². The molecule has 0 saturated heterocycles. The molecule has 0 aromatic carbocycles. The van der Waals surface area contributed by atoms with Gasteiger partial charge in [0.2, 0.25) is 0 Å². The van der Waals surface area contributed by atoms with E-state index in [2.05, 4.69) is 27.8 Å². The minimum atomic E-state index is 0.143. The summed E-state index contributed by atoms with van der Waals surface area (Å²) < 4.78 is 0. The number of rotatable bonds is 4. The van der Waals surface area contributed by atoms with Gasteiger partial charge in [-0.25, -0.2) is 0 Å². The average molecular weight is 223 g/mol. The lowest BCUT2D eigenvalue weighted by molar-refractivity contribution is 0.173. The van der Waals surface area contributed by atoms with Crippen molar-refractivity contribution in [1.29, 1.82) is 0 Å². The molecule has 16 heavy (non-hydrogen) atoms. The molecule has 3 unspecified atom stereocenters. The summed E-state index contributed by atoms with van der Waals surface area (Å²) in [6.45, 7) is 2.26. The van der Waals surface area contributed by atoms with Crippen molar-refractivity contribution in [2.24, 2.45) is 17.7 Å². The van der Waals surface area contributed by atoms with E-state index in [-0.39, 0.29) is 6.04 Å². The lowest BCUT2D eigenvalue weighted by Crippen LogP contribution is -2.38. The van der Waals surface area contributed by atoms with Gasteiger partial charge in [-0.2, -0.15) is 15.4 Å². The van der Waals surface area contributed by atoms with Crippen molar-refractivity contribution in [3.63, 3.8) is 0 Å². The predicted octanol–water partition coefficient (Wildman–Crippen LogP) is 1.53. The van der Waals surface area contributed by atoms with Crippen LogP contribution in [0, 0.1) is 11.8 Å². The number of nitrogens with zero attached hydrogens (tertiary/aromatic N) is 2. The van der Waals surface area contributed by atoms with Gasteiger partial charge in [0.1, 0.15) is 5.69 Å². The molecule has 0 amide bonds. The van der Waals surface area contributed by atoms with Gasteiger partial charge in [-0.15, -0.1) is 0 Å². The molecule has 1 heterocycles. The Balaban J connectivity index is 2.13. The number of nitrogens with two attached hydrogens (primary N) is 1. The van der Waals surface area contributed by atoms with Crippen molar-refractivity contribution in [3.8, 4) is 0 Å². The minimum Gasteiger partial charge on any atom is -0.271 e. The Morgan fingerprint density at radius 2 is 2.38 bits per heavy atom. The summed E-state index contributed by atoms with van der Waals surface area (Å²) in [6.07, 6.45) is 8.20. The number of aromatic amines is 1. The van der Waals surface area contributed by atoms with Gasteiger partial charge in [-0.3, -0.25) is 11.3 Å². The lowest BCUT2D eigenvalue weighted by Gasteiger charge is -2.35. The third kappa shape index (κ3) is 2.25. The zero-order valence-corrected chi connectivity index (χ0v) is 9.82. The second-order valence-corrected chi connectivity index (χ2v) is 4.66. The highest BCUT2D eigenvalue weighted by molar-refractivity contribution is 5.03. The Labute approximate surface area is 96.2 Å². The molecule has 3 atom stereocenters. The number of hydrogen-bond acceptors (Lipinski definition) is 4. The van der Waals surface area contributed by atoms with E-state index in [9.17, 15) is 0 Å². The van der Waals surface area contributed by atoms with Crippen LogP contribution in [0.1, 0.15) is 50.8 Å². The number of nitrogens with one attached hydrogen (secondary N) is 2. The molecule has 2 rings (SSSR count). The van der Waals surface area contributed by atoms with E-state index in [1.165, 1.54) is 32.1 Å². The molecular formula is C11H21N5. The standard InChI is InChI=1S/C11H21N5/c1-2-8-5-3-4-6-9(8)11(14-12)10-7-13-16-15-10/h7-9,11,14H,2-6,12H2,1H3,(H,13,15,16). The Kier molecular flexibility index (Phi) is 3.90. The second kappa shape index (κ2) is 5.41. The normalized spacial score (nSPS) is 27.9. The lowest BCUT2D eigenvalue weighted by atomic mass is 9.73. The molecule has 0 aliphatic heterocycles. The van der Waals surface area contributed by atoms with Gasteiger partial charge >= 0.3 is 0 Å². The summed E-state index contributed by atoms with van der Waals surface area (Å²) in [5.74, 6) is 7.03. The van der Waals surface area contributed by atoms with Crippen LogP contribution in [0.4, 0.5) is 0 Å². The van der Waals surface area contributed by atoms with Crippen molar-refractivity contribution in [3.05, 3.63) is 11.9 Å². The fourth-order valence-electron chi connectivity index (χ4n) is 2.97. The first-order valence-corrected chi connectivity index (χ1v) is 6.18. The van der Waals surface area contributed by atoms with Gasteiger partial charge in [-0.05, 0) is 18.3 Å². The zero-order chi connectivity index (χ0) is 11.4. The summed E-state index contributed by atoms with van der Waals surface area (Å²) in [4.78, 5) is 0. The van der Waals surface area contributed by atoms with Crippen LogP contribution in [0.5, 0.6) is 0 Å². The average Bonchev–Trinajstić information content (AvgIpc) is 2.84. The molecule has 1 aromatic heterocycles. The van der Waals surface area contributed by atoms with Crippen LogP contribution in [0.25, 0.3) is 0 Å². The Hall–Kier alpha value is -0.940. The van der Waals surface area contributed by atoms with Gasteiger partial charge in [0.25, 0.3) is 0 Å². The van der Waals surface area contributed by atoms with E-state index in [0.717, 1.165) is 11.6 Å². The largest absolute Gasteiger partial charge is 0.271 e. The number of aromatic nitrogens is 3. The van der Waals surface area contributed by atoms with Crippen LogP contribution in [0.3, 0.4) is 0 Å². The molecule has 1 aliphatic rings. The maximum absolute atomic E-state index is 5.68. The fourth-order valence-corrected chi connectivity index (χ4v) is 2.97. The van der Waals surface area contributed by atoms with Crippen LogP contribution in [0.15, 0.2) is 6.20 Å². The molecular weight excluding hydrogens is 202 g/mol. The van der Waals surface area contributed by atoms with E-state index in [0.29, 0.717) is 5.92 Å². The Bertz CT molecular complexity index is 297. The summed E-state index contributed by atoms with van der Waals surface area (Å²) in [7, 11) is 0. The molecule has 1 aromatic rings. The molecule has 0 bridgehead atoms. The quantitative estimate of drug-likeness (QED) is 0.534. The van der Waals surface area contributed by atoms with Crippen LogP contribution >= 0.6 is 0 Å². The van der Waals surface area contributed by atoms with Crippen molar-refractivity contribution < 1.29 is 0 Å². The van der Waals surface area contributed by atoms with E-state index in [1.807, 2.05) is 0 Å². The SMILES string of the molecule is CCC1CCCCC1C(NN)c1cn[nH]n1. The first kappa shape index (κ1) is 11.5. The maximum atomic E-state index is 5.68. The van der Waals surface area contributed by atoms with E-state index in [1.54, 1.807) is 6.20 Å². The third-order valence-corrected chi connectivity index (χ3v) is 3.85. The summed E-state index contributed by atoms with van der Waals surface area (Å²) in [5, 5.41) is 10.7. The fraction of sp³-hybridized carbons (Fsp3) is 0.818. The van der Waals surface area contributed by atoms with E-state index >= 15 is 0 Å². The number of hydrogen-bond donors (Lipinski definition) is 3. The van der Waals surface area contributed by atoms with Crippen LogP contribution in [-0.4, -0.2) is 15.4 Å². The van der Waals surface area contributed by atoms with Crippen molar-refractivity contribution in [2.45, 2.75) is 45.1 Å². The zero-order valence-electron chi connectivity index (χ0n) is 9.82. The monoisotopic (exact) mass is 223 g/mol. The highest BCUT2D eigenvalue weighted by Gasteiger charge is 2.32. The summed E-state index contributed by atoms with van der Waals surface area (Å²) in [5.41, 5.74) is 3.85. The van der Waals surface area contributed by atoms with Gasteiger partial charge < -0.3 is 0 Å². The van der Waals surface area contributed by atoms with E-state index in [4.69, 9.17) is 5.84 Å². The molecule has 0 radical (unpaired) electrons. The van der Waals surface area contributed by atoms with Crippen molar-refractivity contribution in [2.75, 3.05) is 0 Å². The van der Waals surface area contributed by atoms with Gasteiger partial charge in [0, 0.05) is 0 Å². The molecule has 1 saturated carbocycles. The summed E-state index contributed by atoms with van der Waals surface area (Å²) >= 11 is 0. The molecule has 5 nitrogen and oxygen atoms in total. The molecule has 0 spiro atoms. The third-order valence-electron chi connectivity index (χ3n) is 3.85. The van der Waals surface area contributed by atoms with Crippen LogP contribution in [0.2, 0.25) is 0 Å². The van der Waals surface area contributed by atoms with Gasteiger partial charge in [0.05, 0.1) is 12.2 Å². The summed E-state index contributed by atoms with van der Waals surface area (Å²) in [6, 6.07) is 0.143. The predicted molar refractivity (Wildman–Crippen MR) is 62.2 cm³/mol. The number of H-pyrrole nitrogens is 1. The first-order valence-electron chi connectivity index (χ1n) is 6.18. The van der Waals surface area contributed by atoms with Gasteiger partial charge in [-0.1, -0.05) is 32.6 Å². The Morgan fingerprint density at radius 3 is 3.00 bits per heavy atom. The Morgan fingerprint density at radius 1 is 1.56 bits per heavy atom. The maximum Gasteiger partial charge on any atom is 0.101 e. The molecule has 5 heteroatoms. The van der Waals surface area contributed by atoms with Crippen molar-refractivity contribution in [1.82, 2.24) is 20.8 Å². The van der Waals surface area contributed by atoms with Crippen LogP contribution in [-0.2, 0) is 0 Å². The second-order valence-electron chi connectivity index (χ2n) is 4.66. The number of hydrazine groups is 1. The smallest absolute Gasteiger partial charge is 0.101 e. The molecule has 1 fully saturated rings. The molecule has 1 aliphatic carbocycles. The minimum absolute atomic E-state index is 0.143. The first-order chi connectivity index (χ1) is 7.86. The highest BCUT2D eigenvalue weighted by atomic mass is 15.3. The van der Waals surface area contributed by atoms with E-state index < -0.39 is 0 Å². The van der Waals surface area contributed by atoms with Crippen LogP contribution < -0.4 is 11.3 Å². The molecule has 90 valence electrons. The molecule has 4 N–H and O–H groups in total.